The summed E-state index contributed by atoms with van der Waals surface area (Å²) in [5.74, 6) is 1.30. The SMILES string of the molecule is COc1ccc(C2CC(c3cc(Cl)cc(Cl)c3O)=NN2)cc1OC. The normalized spacial score (nSPS) is 16.5. The molecular formula is C17H16Cl2N2O3. The molecule has 0 saturated heterocycles. The van der Waals surface area contributed by atoms with Crippen molar-refractivity contribution in [3.8, 4) is 17.2 Å². The molecule has 1 atom stereocenters. The summed E-state index contributed by atoms with van der Waals surface area (Å²) in [6.07, 6.45) is 0.583. The molecule has 2 aromatic rings. The first-order valence-corrected chi connectivity index (χ1v) is 8.01. The van der Waals surface area contributed by atoms with E-state index in [-0.39, 0.29) is 16.8 Å². The zero-order chi connectivity index (χ0) is 17.3. The van der Waals surface area contributed by atoms with E-state index in [1.165, 1.54) is 6.07 Å². The third-order valence-corrected chi connectivity index (χ3v) is 4.41. The summed E-state index contributed by atoms with van der Waals surface area (Å²) in [5, 5.41) is 15.1. The molecule has 2 N–H and O–H groups in total. The summed E-state index contributed by atoms with van der Waals surface area (Å²) >= 11 is 12.0. The maximum Gasteiger partial charge on any atom is 0.161 e. The Labute approximate surface area is 149 Å². The van der Waals surface area contributed by atoms with E-state index in [4.69, 9.17) is 32.7 Å². The molecule has 0 saturated carbocycles. The molecule has 126 valence electrons. The highest BCUT2D eigenvalue weighted by molar-refractivity contribution is 6.36. The monoisotopic (exact) mass is 366 g/mol. The van der Waals surface area contributed by atoms with Crippen LogP contribution in [0, 0.1) is 0 Å². The number of nitrogens with one attached hydrogen (secondary N) is 1. The van der Waals surface area contributed by atoms with Crippen LogP contribution in [0.25, 0.3) is 0 Å². The predicted octanol–water partition coefficient (Wildman–Crippen LogP) is 4.15. The van der Waals surface area contributed by atoms with E-state index < -0.39 is 0 Å². The summed E-state index contributed by atoms with van der Waals surface area (Å²) in [6, 6.07) is 8.80. The van der Waals surface area contributed by atoms with Crippen LogP contribution in [0.15, 0.2) is 35.4 Å². The van der Waals surface area contributed by atoms with Gasteiger partial charge in [-0.2, -0.15) is 5.10 Å². The van der Waals surface area contributed by atoms with Crippen molar-refractivity contribution in [2.45, 2.75) is 12.5 Å². The van der Waals surface area contributed by atoms with Gasteiger partial charge in [0.1, 0.15) is 5.75 Å². The number of methoxy groups -OCH3 is 2. The van der Waals surface area contributed by atoms with Crippen LogP contribution in [0.3, 0.4) is 0 Å². The van der Waals surface area contributed by atoms with Crippen molar-refractivity contribution in [2.24, 2.45) is 5.10 Å². The zero-order valence-corrected chi connectivity index (χ0v) is 14.6. The Kier molecular flexibility index (Phi) is 4.73. The van der Waals surface area contributed by atoms with Crippen molar-refractivity contribution in [3.05, 3.63) is 51.5 Å². The molecule has 0 bridgehead atoms. The average molecular weight is 367 g/mol. The van der Waals surface area contributed by atoms with Crippen LogP contribution in [0.1, 0.15) is 23.6 Å². The first kappa shape index (κ1) is 16.7. The van der Waals surface area contributed by atoms with Gasteiger partial charge in [0.2, 0.25) is 0 Å². The van der Waals surface area contributed by atoms with Gasteiger partial charge < -0.3 is 20.0 Å². The number of nitrogens with zero attached hydrogens (tertiary/aromatic N) is 1. The fourth-order valence-electron chi connectivity index (χ4n) is 2.66. The highest BCUT2D eigenvalue weighted by Crippen LogP contribution is 2.36. The Hall–Kier alpha value is -2.11. The van der Waals surface area contributed by atoms with Gasteiger partial charge in [-0.1, -0.05) is 29.3 Å². The van der Waals surface area contributed by atoms with E-state index in [1.54, 1.807) is 20.3 Å². The second-order valence-electron chi connectivity index (χ2n) is 5.34. The Morgan fingerprint density at radius 2 is 1.88 bits per heavy atom. The van der Waals surface area contributed by atoms with Crippen molar-refractivity contribution in [2.75, 3.05) is 14.2 Å². The first-order chi connectivity index (χ1) is 11.5. The third kappa shape index (κ3) is 3.09. The summed E-state index contributed by atoms with van der Waals surface area (Å²) < 4.78 is 10.6. The van der Waals surface area contributed by atoms with Crippen LogP contribution >= 0.6 is 23.2 Å². The maximum absolute atomic E-state index is 10.2. The molecule has 1 heterocycles. The molecule has 1 unspecified atom stereocenters. The zero-order valence-electron chi connectivity index (χ0n) is 13.1. The van der Waals surface area contributed by atoms with Gasteiger partial charge in [-0.3, -0.25) is 0 Å². The lowest BCUT2D eigenvalue weighted by atomic mass is 9.98. The van der Waals surface area contributed by atoms with E-state index in [9.17, 15) is 5.11 Å². The molecule has 0 aliphatic carbocycles. The average Bonchev–Trinajstić information content (AvgIpc) is 3.07. The van der Waals surface area contributed by atoms with Gasteiger partial charge in [-0.05, 0) is 29.8 Å². The molecule has 0 aromatic heterocycles. The van der Waals surface area contributed by atoms with Crippen molar-refractivity contribution in [1.29, 1.82) is 0 Å². The molecule has 1 aliphatic rings. The molecule has 0 radical (unpaired) electrons. The molecule has 2 aromatic carbocycles. The predicted molar refractivity (Wildman–Crippen MR) is 94.7 cm³/mol. The number of hydrogen-bond acceptors (Lipinski definition) is 5. The molecule has 0 amide bonds. The van der Waals surface area contributed by atoms with Gasteiger partial charge in [0.25, 0.3) is 0 Å². The van der Waals surface area contributed by atoms with Crippen LogP contribution in [-0.2, 0) is 0 Å². The highest BCUT2D eigenvalue weighted by atomic mass is 35.5. The van der Waals surface area contributed by atoms with Gasteiger partial charge in [0.15, 0.2) is 11.5 Å². The van der Waals surface area contributed by atoms with E-state index in [1.807, 2.05) is 18.2 Å². The molecule has 5 nitrogen and oxygen atoms in total. The maximum atomic E-state index is 10.2. The van der Waals surface area contributed by atoms with Gasteiger partial charge in [-0.25, -0.2) is 0 Å². The minimum Gasteiger partial charge on any atom is -0.506 e. The third-order valence-electron chi connectivity index (χ3n) is 3.90. The van der Waals surface area contributed by atoms with Gasteiger partial charge in [-0.15, -0.1) is 0 Å². The molecule has 7 heteroatoms. The van der Waals surface area contributed by atoms with E-state index in [0.29, 0.717) is 34.2 Å². The van der Waals surface area contributed by atoms with Crippen LogP contribution in [-0.4, -0.2) is 25.0 Å². The minimum atomic E-state index is -0.0445. The second kappa shape index (κ2) is 6.79. The second-order valence-corrected chi connectivity index (χ2v) is 6.19. The number of ether oxygens (including phenoxy) is 2. The molecular weight excluding hydrogens is 351 g/mol. The summed E-state index contributed by atoms with van der Waals surface area (Å²) in [6.45, 7) is 0. The number of hydrogen-bond donors (Lipinski definition) is 2. The summed E-state index contributed by atoms with van der Waals surface area (Å²) in [5.41, 5.74) is 5.29. The number of benzene rings is 2. The molecule has 24 heavy (non-hydrogen) atoms. The lowest BCUT2D eigenvalue weighted by molar-refractivity contribution is 0.354. The minimum absolute atomic E-state index is 0.0189. The van der Waals surface area contributed by atoms with Crippen molar-refractivity contribution < 1.29 is 14.6 Å². The number of phenols is 1. The van der Waals surface area contributed by atoms with Gasteiger partial charge in [0.05, 0.1) is 31.0 Å². The van der Waals surface area contributed by atoms with Gasteiger partial charge >= 0.3 is 0 Å². The summed E-state index contributed by atoms with van der Waals surface area (Å²) in [4.78, 5) is 0. The quantitative estimate of drug-likeness (QED) is 0.852. The Bertz CT molecular complexity index is 809. The van der Waals surface area contributed by atoms with Crippen molar-refractivity contribution >= 4 is 28.9 Å². The summed E-state index contributed by atoms with van der Waals surface area (Å²) in [7, 11) is 3.19. The number of halogens is 2. The first-order valence-electron chi connectivity index (χ1n) is 7.26. The van der Waals surface area contributed by atoms with Crippen LogP contribution in [0.4, 0.5) is 0 Å². The molecule has 0 fully saturated rings. The number of phenolic OH excluding ortho intramolecular Hbond substituents is 1. The topological polar surface area (TPSA) is 63.1 Å². The molecule has 0 spiro atoms. The smallest absolute Gasteiger partial charge is 0.161 e. The lowest BCUT2D eigenvalue weighted by Gasteiger charge is -2.14. The van der Waals surface area contributed by atoms with Crippen LogP contribution in [0.5, 0.6) is 17.2 Å². The Morgan fingerprint density at radius 1 is 1.12 bits per heavy atom. The van der Waals surface area contributed by atoms with E-state index in [2.05, 4.69) is 10.5 Å². The largest absolute Gasteiger partial charge is 0.506 e. The standard InChI is InChI=1S/C17H16Cl2N2O3/c1-23-15-4-3-9(5-16(15)24-2)13-8-14(21-20-13)11-6-10(18)7-12(19)17(11)22/h3-7,13,20,22H,8H2,1-2H3. The number of hydrazone groups is 1. The Balaban J connectivity index is 1.85. The molecule has 1 aliphatic heterocycles. The van der Waals surface area contributed by atoms with Crippen LogP contribution in [0.2, 0.25) is 10.0 Å². The fraction of sp³-hybridized carbons (Fsp3) is 0.235. The number of rotatable bonds is 4. The van der Waals surface area contributed by atoms with E-state index >= 15 is 0 Å². The van der Waals surface area contributed by atoms with Gasteiger partial charge in [0, 0.05) is 17.0 Å². The highest BCUT2D eigenvalue weighted by Gasteiger charge is 2.25. The van der Waals surface area contributed by atoms with Crippen molar-refractivity contribution in [3.63, 3.8) is 0 Å². The van der Waals surface area contributed by atoms with Crippen molar-refractivity contribution in [1.82, 2.24) is 5.43 Å². The Morgan fingerprint density at radius 3 is 2.58 bits per heavy atom. The van der Waals surface area contributed by atoms with E-state index in [0.717, 1.165) is 5.56 Å². The fourth-order valence-corrected chi connectivity index (χ4v) is 3.15. The lowest BCUT2D eigenvalue weighted by Crippen LogP contribution is -2.10. The molecule has 3 rings (SSSR count). The van der Waals surface area contributed by atoms with Crippen LogP contribution < -0.4 is 14.9 Å². The number of aromatic hydroxyl groups is 1.